The molecule has 3 aromatic rings. The van der Waals surface area contributed by atoms with E-state index < -0.39 is 24.3 Å². The predicted molar refractivity (Wildman–Crippen MR) is 128 cm³/mol. The van der Waals surface area contributed by atoms with Gasteiger partial charge >= 0.3 is 12.1 Å². The third-order valence-corrected chi connectivity index (χ3v) is 6.18. The van der Waals surface area contributed by atoms with Crippen LogP contribution in [0.1, 0.15) is 34.3 Å². The van der Waals surface area contributed by atoms with Crippen molar-refractivity contribution in [1.29, 1.82) is 0 Å². The number of amides is 1. The standard InChI is InChI=1S/C27H27NO7/c1-34-17-11-10-16(12-25(30)31)22(13-17)26(32)24(29)14-28-27(33)35-15-23-20-8-4-2-6-18(20)19-7-3-5-9-21(19)23/h2-11,13,23-24,26,29,32H,12,14-15H2,1H3,(H,28,33)(H,30,31). The summed E-state index contributed by atoms with van der Waals surface area (Å²) >= 11 is 0. The molecule has 0 bridgehead atoms. The summed E-state index contributed by atoms with van der Waals surface area (Å²) in [5.74, 6) is -0.765. The molecular formula is C27H27NO7. The highest BCUT2D eigenvalue weighted by Crippen LogP contribution is 2.44. The number of methoxy groups -OCH3 is 1. The molecule has 0 radical (unpaired) electrons. The molecule has 1 aliphatic rings. The summed E-state index contributed by atoms with van der Waals surface area (Å²) in [5, 5.41) is 32.7. The minimum atomic E-state index is -1.44. The van der Waals surface area contributed by atoms with Crippen molar-refractivity contribution in [1.82, 2.24) is 5.32 Å². The first kappa shape index (κ1) is 24.3. The van der Waals surface area contributed by atoms with E-state index in [1.165, 1.54) is 19.2 Å². The lowest BCUT2D eigenvalue weighted by Gasteiger charge is -2.22. The van der Waals surface area contributed by atoms with Crippen LogP contribution >= 0.6 is 0 Å². The average molecular weight is 478 g/mol. The van der Waals surface area contributed by atoms with E-state index in [9.17, 15) is 19.8 Å². The number of alkyl carbamates (subject to hydrolysis) is 1. The topological polar surface area (TPSA) is 125 Å². The quantitative estimate of drug-likeness (QED) is 0.373. The largest absolute Gasteiger partial charge is 0.497 e. The summed E-state index contributed by atoms with van der Waals surface area (Å²) < 4.78 is 10.6. The number of carbonyl (C=O) groups is 2. The number of aliphatic carboxylic acids is 1. The molecule has 2 atom stereocenters. The predicted octanol–water partition coefficient (Wildman–Crippen LogP) is 3.26. The van der Waals surface area contributed by atoms with Crippen LogP contribution in [0.3, 0.4) is 0 Å². The number of aliphatic hydroxyl groups is 2. The number of fused-ring (bicyclic) bond motifs is 3. The Morgan fingerprint density at radius 3 is 2.20 bits per heavy atom. The number of nitrogens with one attached hydrogen (secondary N) is 1. The summed E-state index contributed by atoms with van der Waals surface area (Å²) in [6, 6.07) is 20.6. The maximum absolute atomic E-state index is 12.4. The molecule has 1 aliphatic carbocycles. The van der Waals surface area contributed by atoms with Gasteiger partial charge in [0.2, 0.25) is 0 Å². The SMILES string of the molecule is COc1ccc(CC(=O)O)c(C(O)C(O)CNC(=O)OCC2c3ccccc3-c3ccccc32)c1. The Labute approximate surface area is 202 Å². The van der Waals surface area contributed by atoms with E-state index >= 15 is 0 Å². The van der Waals surface area contributed by atoms with Gasteiger partial charge in [-0.3, -0.25) is 4.79 Å². The first-order valence-corrected chi connectivity index (χ1v) is 11.2. The molecule has 0 spiro atoms. The lowest BCUT2D eigenvalue weighted by atomic mass is 9.96. The van der Waals surface area contributed by atoms with E-state index in [0.29, 0.717) is 11.3 Å². The smallest absolute Gasteiger partial charge is 0.407 e. The van der Waals surface area contributed by atoms with Crippen molar-refractivity contribution in [2.75, 3.05) is 20.3 Å². The lowest BCUT2D eigenvalue weighted by Crippen LogP contribution is -2.36. The molecule has 4 N–H and O–H groups in total. The number of carbonyl (C=O) groups excluding carboxylic acids is 1. The van der Waals surface area contributed by atoms with E-state index in [0.717, 1.165) is 22.3 Å². The molecule has 0 aromatic heterocycles. The molecule has 8 heteroatoms. The Bertz CT molecular complexity index is 1180. The molecule has 182 valence electrons. The van der Waals surface area contributed by atoms with Gasteiger partial charge in [-0.25, -0.2) is 4.79 Å². The molecule has 0 saturated heterocycles. The maximum atomic E-state index is 12.4. The van der Waals surface area contributed by atoms with Crippen LogP contribution in [0.15, 0.2) is 66.7 Å². The third-order valence-electron chi connectivity index (χ3n) is 6.18. The Morgan fingerprint density at radius 1 is 0.971 bits per heavy atom. The molecular weight excluding hydrogens is 450 g/mol. The zero-order valence-electron chi connectivity index (χ0n) is 19.2. The van der Waals surface area contributed by atoms with Crippen LogP contribution in [0, 0.1) is 0 Å². The van der Waals surface area contributed by atoms with Gasteiger partial charge in [0.1, 0.15) is 24.6 Å². The van der Waals surface area contributed by atoms with Gasteiger partial charge < -0.3 is 30.1 Å². The van der Waals surface area contributed by atoms with Gasteiger partial charge in [-0.2, -0.15) is 0 Å². The number of benzene rings is 3. The Kier molecular flexibility index (Phi) is 7.33. The van der Waals surface area contributed by atoms with Gasteiger partial charge in [-0.1, -0.05) is 54.6 Å². The summed E-state index contributed by atoms with van der Waals surface area (Å²) in [6.07, 6.45) is -3.89. The highest BCUT2D eigenvalue weighted by Gasteiger charge is 2.29. The van der Waals surface area contributed by atoms with Crippen molar-refractivity contribution in [3.05, 3.63) is 89.0 Å². The minimum Gasteiger partial charge on any atom is -0.497 e. The summed E-state index contributed by atoms with van der Waals surface area (Å²) in [5.41, 5.74) is 4.96. The highest BCUT2D eigenvalue weighted by atomic mass is 16.5. The second kappa shape index (κ2) is 10.6. The summed E-state index contributed by atoms with van der Waals surface area (Å²) in [6.45, 7) is -0.168. The van der Waals surface area contributed by atoms with Crippen molar-refractivity contribution in [3.63, 3.8) is 0 Å². The molecule has 35 heavy (non-hydrogen) atoms. The molecule has 1 amide bonds. The fraction of sp³-hybridized carbons (Fsp3) is 0.259. The van der Waals surface area contributed by atoms with Gasteiger partial charge in [-0.05, 0) is 45.5 Å². The number of hydrogen-bond donors (Lipinski definition) is 4. The third kappa shape index (κ3) is 5.29. The van der Waals surface area contributed by atoms with Gasteiger partial charge in [0.15, 0.2) is 0 Å². The van der Waals surface area contributed by atoms with Gasteiger partial charge in [0.25, 0.3) is 0 Å². The summed E-state index contributed by atoms with van der Waals surface area (Å²) in [4.78, 5) is 23.5. The molecule has 0 saturated carbocycles. The van der Waals surface area contributed by atoms with Crippen LogP contribution in [0.5, 0.6) is 5.75 Å². The molecule has 0 fully saturated rings. The first-order valence-electron chi connectivity index (χ1n) is 11.2. The Morgan fingerprint density at radius 2 is 1.60 bits per heavy atom. The van der Waals surface area contributed by atoms with Crippen molar-refractivity contribution in [2.24, 2.45) is 0 Å². The van der Waals surface area contributed by atoms with Gasteiger partial charge in [0.05, 0.1) is 13.5 Å². The zero-order chi connectivity index (χ0) is 24.9. The van der Waals surface area contributed by atoms with Crippen LogP contribution in [-0.2, 0) is 16.0 Å². The van der Waals surface area contributed by atoms with Crippen LogP contribution in [-0.4, -0.2) is 53.7 Å². The Hall–Kier alpha value is -3.88. The fourth-order valence-corrected chi connectivity index (χ4v) is 4.46. The Balaban J connectivity index is 1.37. The first-order chi connectivity index (χ1) is 16.9. The number of ether oxygens (including phenoxy) is 2. The van der Waals surface area contributed by atoms with Crippen LogP contribution in [0.4, 0.5) is 4.79 Å². The monoisotopic (exact) mass is 477 g/mol. The van der Waals surface area contributed by atoms with Gasteiger partial charge in [0, 0.05) is 12.5 Å². The summed E-state index contributed by atoms with van der Waals surface area (Å²) in [7, 11) is 1.44. The minimum absolute atomic E-state index is 0.0981. The van der Waals surface area contributed by atoms with E-state index in [-0.39, 0.29) is 31.1 Å². The number of carboxylic acid groups (broad SMARTS) is 1. The van der Waals surface area contributed by atoms with E-state index in [1.54, 1.807) is 6.07 Å². The van der Waals surface area contributed by atoms with Crippen molar-refractivity contribution < 1.29 is 34.4 Å². The highest BCUT2D eigenvalue weighted by molar-refractivity contribution is 5.79. The maximum Gasteiger partial charge on any atom is 0.407 e. The number of hydrogen-bond acceptors (Lipinski definition) is 6. The zero-order valence-corrected chi connectivity index (χ0v) is 19.2. The molecule has 3 aromatic carbocycles. The van der Waals surface area contributed by atoms with Gasteiger partial charge in [-0.15, -0.1) is 0 Å². The van der Waals surface area contributed by atoms with Crippen LogP contribution < -0.4 is 10.1 Å². The second-order valence-electron chi connectivity index (χ2n) is 8.35. The van der Waals surface area contributed by atoms with Crippen molar-refractivity contribution in [2.45, 2.75) is 24.5 Å². The second-order valence-corrected chi connectivity index (χ2v) is 8.35. The average Bonchev–Trinajstić information content (AvgIpc) is 3.19. The van der Waals surface area contributed by atoms with Crippen LogP contribution in [0.25, 0.3) is 11.1 Å². The van der Waals surface area contributed by atoms with Crippen molar-refractivity contribution in [3.8, 4) is 16.9 Å². The molecule has 2 unspecified atom stereocenters. The van der Waals surface area contributed by atoms with E-state index in [2.05, 4.69) is 5.32 Å². The molecule has 8 nitrogen and oxygen atoms in total. The number of carboxylic acids is 1. The molecule has 0 aliphatic heterocycles. The molecule has 0 heterocycles. The molecule has 4 rings (SSSR count). The van der Waals surface area contributed by atoms with Crippen LogP contribution in [0.2, 0.25) is 0 Å². The normalized spacial score (nSPS) is 13.9. The number of aliphatic hydroxyl groups excluding tert-OH is 2. The van der Waals surface area contributed by atoms with E-state index in [1.807, 2.05) is 48.5 Å². The van der Waals surface area contributed by atoms with E-state index in [4.69, 9.17) is 14.6 Å². The fourth-order valence-electron chi connectivity index (χ4n) is 4.46. The number of rotatable bonds is 9. The van der Waals surface area contributed by atoms with Crippen molar-refractivity contribution >= 4 is 12.1 Å². The lowest BCUT2D eigenvalue weighted by molar-refractivity contribution is -0.136.